The smallest absolute Gasteiger partial charge is 0.255 e. The molecule has 1 N–H and O–H groups in total. The SMILES string of the molecule is Cc1cc(Cl)c(C(=O)N(C)CC(O)C2CC2)cc1C. The molecule has 1 unspecified atom stereocenters. The number of aryl methyl sites for hydroxylation is 2. The summed E-state index contributed by atoms with van der Waals surface area (Å²) in [6.45, 7) is 4.30. The standard InChI is InChI=1S/C15H20ClNO2/c1-9-6-12(13(16)7-10(9)2)15(19)17(3)8-14(18)11-4-5-11/h6-7,11,14,18H,4-5,8H2,1-3H3. The number of aliphatic hydroxyl groups excluding tert-OH is 1. The molecule has 0 aliphatic heterocycles. The number of amides is 1. The molecular formula is C15H20ClNO2. The van der Waals surface area contributed by atoms with Gasteiger partial charge in [-0.1, -0.05) is 11.6 Å². The van der Waals surface area contributed by atoms with Gasteiger partial charge in [0.15, 0.2) is 0 Å². The Morgan fingerprint density at radius 2 is 2.00 bits per heavy atom. The Morgan fingerprint density at radius 3 is 2.58 bits per heavy atom. The third-order valence-electron chi connectivity index (χ3n) is 3.79. The van der Waals surface area contributed by atoms with E-state index in [1.54, 1.807) is 11.9 Å². The van der Waals surface area contributed by atoms with Gasteiger partial charge in [0, 0.05) is 13.6 Å². The van der Waals surface area contributed by atoms with Gasteiger partial charge < -0.3 is 10.0 Å². The van der Waals surface area contributed by atoms with Gasteiger partial charge in [-0.3, -0.25) is 4.79 Å². The predicted octanol–water partition coefficient (Wildman–Crippen LogP) is 2.80. The van der Waals surface area contributed by atoms with E-state index in [2.05, 4.69) is 0 Å². The topological polar surface area (TPSA) is 40.5 Å². The van der Waals surface area contributed by atoms with E-state index < -0.39 is 6.10 Å². The molecule has 1 aromatic carbocycles. The lowest BCUT2D eigenvalue weighted by molar-refractivity contribution is 0.0645. The largest absolute Gasteiger partial charge is 0.391 e. The summed E-state index contributed by atoms with van der Waals surface area (Å²) in [6, 6.07) is 3.63. The summed E-state index contributed by atoms with van der Waals surface area (Å²) < 4.78 is 0. The number of hydrogen-bond acceptors (Lipinski definition) is 2. The molecule has 1 atom stereocenters. The summed E-state index contributed by atoms with van der Waals surface area (Å²) in [5, 5.41) is 10.4. The second-order valence-electron chi connectivity index (χ2n) is 5.51. The van der Waals surface area contributed by atoms with Crippen LogP contribution < -0.4 is 0 Å². The van der Waals surface area contributed by atoms with Crippen LogP contribution in [0.25, 0.3) is 0 Å². The monoisotopic (exact) mass is 281 g/mol. The first kappa shape index (κ1) is 14.4. The Morgan fingerprint density at radius 1 is 1.42 bits per heavy atom. The quantitative estimate of drug-likeness (QED) is 0.922. The Labute approximate surface area is 119 Å². The zero-order valence-corrected chi connectivity index (χ0v) is 12.4. The molecule has 3 nitrogen and oxygen atoms in total. The average Bonchev–Trinajstić information content (AvgIpc) is 3.16. The van der Waals surface area contributed by atoms with E-state index in [1.807, 2.05) is 26.0 Å². The molecule has 1 aliphatic carbocycles. The Kier molecular flexibility index (Phi) is 4.16. The maximum Gasteiger partial charge on any atom is 0.255 e. The van der Waals surface area contributed by atoms with Crippen molar-refractivity contribution in [1.82, 2.24) is 4.90 Å². The van der Waals surface area contributed by atoms with Gasteiger partial charge in [-0.15, -0.1) is 0 Å². The Bertz CT molecular complexity index is 497. The third kappa shape index (κ3) is 3.28. The lowest BCUT2D eigenvalue weighted by Gasteiger charge is -2.21. The van der Waals surface area contributed by atoms with E-state index in [0.29, 0.717) is 23.0 Å². The minimum atomic E-state index is -0.417. The molecule has 1 fully saturated rings. The van der Waals surface area contributed by atoms with Crippen LogP contribution in [0.1, 0.15) is 34.3 Å². The number of carbonyl (C=O) groups is 1. The zero-order valence-electron chi connectivity index (χ0n) is 11.6. The molecule has 0 heterocycles. The number of halogens is 1. The first-order chi connectivity index (χ1) is 8.90. The fourth-order valence-electron chi connectivity index (χ4n) is 2.14. The molecule has 1 aromatic rings. The molecule has 19 heavy (non-hydrogen) atoms. The molecule has 0 spiro atoms. The lowest BCUT2D eigenvalue weighted by atomic mass is 10.1. The van der Waals surface area contributed by atoms with E-state index in [9.17, 15) is 9.90 Å². The summed E-state index contributed by atoms with van der Waals surface area (Å²) in [5.74, 6) is 0.235. The Balaban J connectivity index is 2.11. The van der Waals surface area contributed by atoms with Crippen LogP contribution in [-0.2, 0) is 0 Å². The maximum atomic E-state index is 12.3. The molecule has 2 rings (SSSR count). The van der Waals surface area contributed by atoms with Gasteiger partial charge in [-0.05, 0) is 55.9 Å². The molecule has 1 aliphatic rings. The van der Waals surface area contributed by atoms with Crippen LogP contribution in [0, 0.1) is 19.8 Å². The number of nitrogens with zero attached hydrogens (tertiary/aromatic N) is 1. The van der Waals surface area contributed by atoms with Crippen LogP contribution in [0.2, 0.25) is 5.02 Å². The van der Waals surface area contributed by atoms with E-state index in [-0.39, 0.29) is 5.91 Å². The number of carbonyl (C=O) groups excluding carboxylic acids is 1. The number of benzene rings is 1. The molecule has 104 valence electrons. The van der Waals surface area contributed by atoms with Crippen LogP contribution in [0.5, 0.6) is 0 Å². The van der Waals surface area contributed by atoms with Crippen LogP contribution >= 0.6 is 11.6 Å². The van der Waals surface area contributed by atoms with Crippen molar-refractivity contribution in [2.45, 2.75) is 32.8 Å². The fraction of sp³-hybridized carbons (Fsp3) is 0.533. The van der Waals surface area contributed by atoms with Crippen molar-refractivity contribution in [2.75, 3.05) is 13.6 Å². The predicted molar refractivity (Wildman–Crippen MR) is 76.6 cm³/mol. The van der Waals surface area contributed by atoms with E-state index in [1.165, 1.54) is 0 Å². The maximum absolute atomic E-state index is 12.3. The Hall–Kier alpha value is -1.06. The van der Waals surface area contributed by atoms with Gasteiger partial charge in [-0.2, -0.15) is 0 Å². The summed E-state index contributed by atoms with van der Waals surface area (Å²) in [7, 11) is 1.71. The highest BCUT2D eigenvalue weighted by Crippen LogP contribution is 2.33. The fourth-order valence-corrected chi connectivity index (χ4v) is 2.44. The van der Waals surface area contributed by atoms with E-state index >= 15 is 0 Å². The van der Waals surface area contributed by atoms with Crippen molar-refractivity contribution in [3.05, 3.63) is 33.8 Å². The molecule has 1 amide bonds. The van der Waals surface area contributed by atoms with Crippen molar-refractivity contribution in [3.8, 4) is 0 Å². The molecule has 0 radical (unpaired) electrons. The number of aliphatic hydroxyl groups is 1. The molecule has 0 saturated heterocycles. The normalized spacial score (nSPS) is 16.3. The zero-order chi connectivity index (χ0) is 14.2. The van der Waals surface area contributed by atoms with Crippen molar-refractivity contribution >= 4 is 17.5 Å². The van der Waals surface area contributed by atoms with Crippen molar-refractivity contribution in [3.63, 3.8) is 0 Å². The second kappa shape index (κ2) is 5.51. The summed E-state index contributed by atoms with van der Waals surface area (Å²) >= 11 is 6.14. The second-order valence-corrected chi connectivity index (χ2v) is 5.91. The highest BCUT2D eigenvalue weighted by atomic mass is 35.5. The van der Waals surface area contributed by atoms with Crippen LogP contribution in [0.3, 0.4) is 0 Å². The highest BCUT2D eigenvalue weighted by Gasteiger charge is 2.31. The molecule has 1 saturated carbocycles. The minimum Gasteiger partial charge on any atom is -0.391 e. The number of hydrogen-bond donors (Lipinski definition) is 1. The third-order valence-corrected chi connectivity index (χ3v) is 4.10. The number of likely N-dealkylation sites (N-methyl/N-ethyl adjacent to an activating group) is 1. The average molecular weight is 282 g/mol. The molecule has 0 aromatic heterocycles. The van der Waals surface area contributed by atoms with Gasteiger partial charge in [0.2, 0.25) is 0 Å². The van der Waals surface area contributed by atoms with Crippen molar-refractivity contribution in [1.29, 1.82) is 0 Å². The highest BCUT2D eigenvalue weighted by molar-refractivity contribution is 6.33. The molecule has 4 heteroatoms. The van der Waals surface area contributed by atoms with E-state index in [4.69, 9.17) is 11.6 Å². The first-order valence-corrected chi connectivity index (χ1v) is 6.98. The van der Waals surface area contributed by atoms with Gasteiger partial charge in [0.05, 0.1) is 16.7 Å². The first-order valence-electron chi connectivity index (χ1n) is 6.60. The molecule has 0 bridgehead atoms. The van der Waals surface area contributed by atoms with E-state index in [0.717, 1.165) is 24.0 Å². The summed E-state index contributed by atoms with van der Waals surface area (Å²) in [6.07, 6.45) is 1.71. The van der Waals surface area contributed by atoms with Crippen molar-refractivity contribution < 1.29 is 9.90 Å². The van der Waals surface area contributed by atoms with Gasteiger partial charge in [0.25, 0.3) is 5.91 Å². The van der Waals surface area contributed by atoms with Gasteiger partial charge >= 0.3 is 0 Å². The summed E-state index contributed by atoms with van der Waals surface area (Å²) in [5.41, 5.74) is 2.63. The van der Waals surface area contributed by atoms with Crippen LogP contribution in [0.4, 0.5) is 0 Å². The number of rotatable bonds is 4. The van der Waals surface area contributed by atoms with Crippen molar-refractivity contribution in [2.24, 2.45) is 5.92 Å². The molecular weight excluding hydrogens is 262 g/mol. The minimum absolute atomic E-state index is 0.132. The summed E-state index contributed by atoms with van der Waals surface area (Å²) in [4.78, 5) is 13.9. The lowest BCUT2D eigenvalue weighted by Crippen LogP contribution is -2.35. The van der Waals surface area contributed by atoms with Gasteiger partial charge in [-0.25, -0.2) is 0 Å². The van der Waals surface area contributed by atoms with Crippen LogP contribution in [-0.4, -0.2) is 35.6 Å². The van der Waals surface area contributed by atoms with Gasteiger partial charge in [0.1, 0.15) is 0 Å². The van der Waals surface area contributed by atoms with Crippen LogP contribution in [0.15, 0.2) is 12.1 Å².